The Morgan fingerprint density at radius 1 is 1.62 bits per heavy atom. The number of nitrogens with one attached hydrogen (secondary N) is 1. The molecule has 0 radical (unpaired) electrons. The average Bonchev–Trinajstić information content (AvgIpc) is 2.55. The first-order valence-electron chi connectivity index (χ1n) is 4.62. The monoisotopic (exact) mass is 215 g/mol. The van der Waals surface area contributed by atoms with Crippen molar-refractivity contribution < 1.29 is 4.79 Å². The molecular weight excluding hydrogens is 206 g/mol. The summed E-state index contributed by atoms with van der Waals surface area (Å²) in [5.41, 5.74) is 1.87. The maximum atomic E-state index is 11.4. The van der Waals surface area contributed by atoms with Gasteiger partial charge in [0.15, 0.2) is 11.8 Å². The van der Waals surface area contributed by atoms with Crippen LogP contribution >= 0.6 is 0 Å². The topological polar surface area (TPSA) is 83.6 Å². The fraction of sp³-hybridized carbons (Fsp3) is 0.200. The fourth-order valence-electron chi connectivity index (χ4n) is 1.56. The van der Waals surface area contributed by atoms with Crippen LogP contribution in [0.5, 0.6) is 0 Å². The number of aryl methyl sites for hydroxylation is 2. The minimum Gasteiger partial charge on any atom is -0.268 e. The molecule has 0 aliphatic heterocycles. The van der Waals surface area contributed by atoms with Gasteiger partial charge in [0.2, 0.25) is 0 Å². The Morgan fingerprint density at radius 3 is 3.06 bits per heavy atom. The number of hydrogen-bond acceptors (Lipinski definition) is 4. The lowest BCUT2D eigenvalue weighted by Gasteiger charge is -1.98. The van der Waals surface area contributed by atoms with Gasteiger partial charge in [-0.2, -0.15) is 10.4 Å². The van der Waals surface area contributed by atoms with Crippen LogP contribution in [0.15, 0.2) is 12.3 Å². The molecular formula is C10H9N5O. The van der Waals surface area contributed by atoms with Crippen LogP contribution in [0, 0.1) is 18.4 Å². The molecule has 6 heteroatoms. The third kappa shape index (κ3) is 1.48. The summed E-state index contributed by atoms with van der Waals surface area (Å²) >= 11 is 0. The summed E-state index contributed by atoms with van der Waals surface area (Å²) in [5, 5.41) is 15.4. The molecule has 0 bridgehead atoms. The van der Waals surface area contributed by atoms with E-state index in [0.29, 0.717) is 11.2 Å². The average molecular weight is 215 g/mol. The standard InChI is InChI=1S/C10H9N5O/c1-6-8-3-7(10(16)13-5-11)4-12-9(8)15(2)14-6/h3-4H,1-2H3,(H,13,16). The van der Waals surface area contributed by atoms with Crippen LogP contribution in [0.3, 0.4) is 0 Å². The van der Waals surface area contributed by atoms with Gasteiger partial charge in [-0.05, 0) is 13.0 Å². The Morgan fingerprint density at radius 2 is 2.38 bits per heavy atom. The highest BCUT2D eigenvalue weighted by atomic mass is 16.1. The second-order valence-electron chi connectivity index (χ2n) is 3.37. The summed E-state index contributed by atoms with van der Waals surface area (Å²) in [6.45, 7) is 1.84. The molecule has 0 aliphatic rings. The number of pyridine rings is 1. The summed E-state index contributed by atoms with van der Waals surface area (Å²) in [5.74, 6) is -0.458. The molecule has 0 aromatic carbocycles. The molecule has 0 atom stereocenters. The molecule has 0 aliphatic carbocycles. The molecule has 16 heavy (non-hydrogen) atoms. The van der Waals surface area contributed by atoms with Gasteiger partial charge in [-0.15, -0.1) is 0 Å². The third-order valence-corrected chi connectivity index (χ3v) is 2.29. The first-order valence-corrected chi connectivity index (χ1v) is 4.62. The Labute approximate surface area is 91.5 Å². The number of carbonyl (C=O) groups is 1. The Balaban J connectivity index is 2.56. The number of aromatic nitrogens is 3. The van der Waals surface area contributed by atoms with E-state index in [0.717, 1.165) is 11.1 Å². The van der Waals surface area contributed by atoms with Gasteiger partial charge in [0.05, 0.1) is 11.3 Å². The number of nitrogens with zero attached hydrogens (tertiary/aromatic N) is 4. The van der Waals surface area contributed by atoms with Crippen molar-refractivity contribution in [3.63, 3.8) is 0 Å². The zero-order valence-electron chi connectivity index (χ0n) is 8.85. The summed E-state index contributed by atoms with van der Waals surface area (Å²) in [4.78, 5) is 15.5. The second kappa shape index (κ2) is 3.62. The molecule has 2 rings (SSSR count). The van der Waals surface area contributed by atoms with Crippen LogP contribution in [0.25, 0.3) is 11.0 Å². The highest BCUT2D eigenvalue weighted by Crippen LogP contribution is 2.16. The smallest absolute Gasteiger partial charge is 0.265 e. The molecule has 1 amide bonds. The van der Waals surface area contributed by atoms with E-state index in [4.69, 9.17) is 5.26 Å². The lowest BCUT2D eigenvalue weighted by atomic mass is 10.2. The van der Waals surface area contributed by atoms with Gasteiger partial charge in [0.25, 0.3) is 5.91 Å². The van der Waals surface area contributed by atoms with Crippen LogP contribution in [0.4, 0.5) is 0 Å². The van der Waals surface area contributed by atoms with Crippen LogP contribution in [0.2, 0.25) is 0 Å². The van der Waals surface area contributed by atoms with Crippen molar-refractivity contribution in [3.05, 3.63) is 23.5 Å². The van der Waals surface area contributed by atoms with Crippen LogP contribution < -0.4 is 5.32 Å². The predicted molar refractivity (Wildman–Crippen MR) is 56.3 cm³/mol. The molecule has 6 nitrogen and oxygen atoms in total. The molecule has 80 valence electrons. The van der Waals surface area contributed by atoms with Gasteiger partial charge in [-0.25, -0.2) is 4.98 Å². The Bertz CT molecular complexity index is 607. The number of hydrogen-bond donors (Lipinski definition) is 1. The first kappa shape index (κ1) is 10.1. The van der Waals surface area contributed by atoms with Gasteiger partial charge < -0.3 is 0 Å². The Kier molecular flexibility index (Phi) is 2.29. The van der Waals surface area contributed by atoms with E-state index < -0.39 is 5.91 Å². The lowest BCUT2D eigenvalue weighted by Crippen LogP contribution is -2.17. The third-order valence-electron chi connectivity index (χ3n) is 2.29. The van der Waals surface area contributed by atoms with Gasteiger partial charge in [-0.3, -0.25) is 14.8 Å². The number of rotatable bonds is 1. The summed E-state index contributed by atoms with van der Waals surface area (Å²) in [6.07, 6.45) is 3.01. The highest BCUT2D eigenvalue weighted by Gasteiger charge is 2.10. The SMILES string of the molecule is Cc1nn(C)c2ncc(C(=O)NC#N)cc12. The summed E-state index contributed by atoms with van der Waals surface area (Å²) in [7, 11) is 1.79. The van der Waals surface area contributed by atoms with Crippen molar-refractivity contribution in [2.75, 3.05) is 0 Å². The minimum atomic E-state index is -0.458. The zero-order chi connectivity index (χ0) is 11.7. The van der Waals surface area contributed by atoms with E-state index in [2.05, 4.69) is 15.4 Å². The normalized spacial score (nSPS) is 10.1. The number of fused-ring (bicyclic) bond motifs is 1. The summed E-state index contributed by atoms with van der Waals surface area (Å²) < 4.78 is 1.65. The molecule has 0 saturated carbocycles. The maximum absolute atomic E-state index is 11.4. The zero-order valence-corrected chi connectivity index (χ0v) is 8.85. The van der Waals surface area contributed by atoms with Crippen molar-refractivity contribution >= 4 is 16.9 Å². The molecule has 0 spiro atoms. The van der Waals surface area contributed by atoms with Crippen LogP contribution in [-0.2, 0) is 7.05 Å². The van der Waals surface area contributed by atoms with Gasteiger partial charge >= 0.3 is 0 Å². The van der Waals surface area contributed by atoms with Gasteiger partial charge in [-0.1, -0.05) is 0 Å². The fourth-order valence-corrected chi connectivity index (χ4v) is 1.56. The van der Waals surface area contributed by atoms with Crippen LogP contribution in [0.1, 0.15) is 16.1 Å². The van der Waals surface area contributed by atoms with Crippen molar-refractivity contribution in [1.29, 1.82) is 5.26 Å². The van der Waals surface area contributed by atoms with E-state index in [1.807, 2.05) is 6.92 Å². The van der Waals surface area contributed by atoms with Gasteiger partial charge in [0, 0.05) is 18.6 Å². The quantitative estimate of drug-likeness (QED) is 0.554. The molecule has 2 aromatic heterocycles. The number of carbonyl (C=O) groups excluding carboxylic acids is 1. The second-order valence-corrected chi connectivity index (χ2v) is 3.37. The lowest BCUT2D eigenvalue weighted by molar-refractivity contribution is 0.0972. The Hall–Kier alpha value is -2.42. The first-order chi connectivity index (χ1) is 7.63. The van der Waals surface area contributed by atoms with E-state index in [-0.39, 0.29) is 0 Å². The van der Waals surface area contributed by atoms with E-state index in [1.165, 1.54) is 6.20 Å². The molecule has 0 saturated heterocycles. The molecule has 1 N–H and O–H groups in total. The van der Waals surface area contributed by atoms with Crippen molar-refractivity contribution in [3.8, 4) is 6.19 Å². The molecule has 2 heterocycles. The van der Waals surface area contributed by atoms with E-state index in [9.17, 15) is 4.79 Å². The van der Waals surface area contributed by atoms with Crippen molar-refractivity contribution in [2.24, 2.45) is 7.05 Å². The summed E-state index contributed by atoms with van der Waals surface area (Å²) in [6, 6.07) is 1.68. The van der Waals surface area contributed by atoms with Gasteiger partial charge in [0.1, 0.15) is 0 Å². The molecule has 0 unspecified atom stereocenters. The van der Waals surface area contributed by atoms with Crippen LogP contribution in [-0.4, -0.2) is 20.7 Å². The number of nitriles is 1. The predicted octanol–water partition coefficient (Wildman–Crippen LogP) is 0.488. The maximum Gasteiger partial charge on any atom is 0.265 e. The largest absolute Gasteiger partial charge is 0.268 e. The highest BCUT2D eigenvalue weighted by molar-refractivity contribution is 5.97. The van der Waals surface area contributed by atoms with Crippen molar-refractivity contribution in [2.45, 2.75) is 6.92 Å². The molecule has 0 fully saturated rings. The minimum absolute atomic E-state index is 0.352. The van der Waals surface area contributed by atoms with Crippen molar-refractivity contribution in [1.82, 2.24) is 20.1 Å². The molecule has 2 aromatic rings. The van der Waals surface area contributed by atoms with E-state index in [1.54, 1.807) is 24.0 Å². The van der Waals surface area contributed by atoms with E-state index >= 15 is 0 Å². The number of amides is 1.